The summed E-state index contributed by atoms with van der Waals surface area (Å²) in [7, 11) is 0. The van der Waals surface area contributed by atoms with Crippen LogP contribution in [0, 0.1) is 3.57 Å². The quantitative estimate of drug-likeness (QED) is 0.593. The highest BCUT2D eigenvalue weighted by molar-refractivity contribution is 14.1. The molecule has 1 rings (SSSR count). The molecule has 0 heterocycles. The minimum atomic E-state index is -0.943. The molecule has 0 aliphatic carbocycles. The van der Waals surface area contributed by atoms with Crippen molar-refractivity contribution in [1.29, 1.82) is 0 Å². The van der Waals surface area contributed by atoms with Gasteiger partial charge < -0.3 is 9.84 Å². The fraction of sp³-hybridized carbons (Fsp3) is 0.417. The van der Waals surface area contributed by atoms with Crippen LogP contribution in [0.4, 0.5) is 0 Å². The number of carboxylic acid groups (broad SMARTS) is 1. The van der Waals surface area contributed by atoms with Crippen molar-refractivity contribution < 1.29 is 14.6 Å². The van der Waals surface area contributed by atoms with Gasteiger partial charge in [-0.25, -0.2) is 4.79 Å². The van der Waals surface area contributed by atoms with E-state index < -0.39 is 5.97 Å². The highest BCUT2D eigenvalue weighted by atomic mass is 127. The molecule has 0 aliphatic rings. The Morgan fingerprint density at radius 1 is 1.53 bits per heavy atom. The lowest BCUT2D eigenvalue weighted by Crippen LogP contribution is -2.05. The van der Waals surface area contributed by atoms with E-state index in [0.717, 1.165) is 21.5 Å². The molecule has 1 aromatic carbocycles. The Morgan fingerprint density at radius 3 is 2.94 bits per heavy atom. The molecule has 1 N–H and O–H groups in total. The number of hydrogen-bond donors (Lipinski definition) is 1. The minimum Gasteiger partial charge on any atom is -0.493 e. The number of carboxylic acids is 1. The smallest absolute Gasteiger partial charge is 0.339 e. The lowest BCUT2D eigenvalue weighted by molar-refractivity contribution is 0.0692. The average molecular weight is 366 g/mol. The summed E-state index contributed by atoms with van der Waals surface area (Å²) >= 11 is 3.95. The third-order valence-electron chi connectivity index (χ3n) is 2.07. The van der Waals surface area contributed by atoms with E-state index in [1.807, 2.05) is 17.8 Å². The van der Waals surface area contributed by atoms with E-state index in [9.17, 15) is 4.79 Å². The second-order valence-electron chi connectivity index (χ2n) is 3.34. The van der Waals surface area contributed by atoms with Crippen molar-refractivity contribution in [2.24, 2.45) is 0 Å². The first-order chi connectivity index (χ1) is 8.15. The molecular formula is C12H15IO3S. The number of aromatic carboxylic acids is 1. The van der Waals surface area contributed by atoms with Crippen LogP contribution in [-0.2, 0) is 0 Å². The highest BCUT2D eigenvalue weighted by Gasteiger charge is 2.11. The normalized spacial score (nSPS) is 10.2. The summed E-state index contributed by atoms with van der Waals surface area (Å²) in [6.07, 6.45) is 0.934. The Labute approximate surface area is 119 Å². The number of carbonyl (C=O) groups is 1. The molecule has 3 nitrogen and oxygen atoms in total. The summed E-state index contributed by atoms with van der Waals surface area (Å²) in [5.74, 6) is 1.66. The maximum atomic E-state index is 11.0. The molecule has 5 heteroatoms. The third kappa shape index (κ3) is 5.16. The molecule has 0 aliphatic heterocycles. The third-order valence-corrected chi connectivity index (χ3v) is 3.72. The fourth-order valence-electron chi connectivity index (χ4n) is 1.28. The van der Waals surface area contributed by atoms with Crippen molar-refractivity contribution in [3.05, 3.63) is 27.3 Å². The predicted octanol–water partition coefficient (Wildman–Crippen LogP) is 3.51. The first-order valence-corrected chi connectivity index (χ1v) is 7.62. The summed E-state index contributed by atoms with van der Waals surface area (Å²) in [6.45, 7) is 2.68. The number of benzene rings is 1. The van der Waals surface area contributed by atoms with Gasteiger partial charge in [-0.1, -0.05) is 6.92 Å². The van der Waals surface area contributed by atoms with E-state index in [1.54, 1.807) is 12.1 Å². The van der Waals surface area contributed by atoms with E-state index in [1.165, 1.54) is 0 Å². The molecule has 0 radical (unpaired) electrons. The van der Waals surface area contributed by atoms with Gasteiger partial charge in [0.05, 0.1) is 6.61 Å². The lowest BCUT2D eigenvalue weighted by atomic mass is 10.2. The summed E-state index contributed by atoms with van der Waals surface area (Å²) in [4.78, 5) is 11.0. The van der Waals surface area contributed by atoms with Crippen molar-refractivity contribution in [1.82, 2.24) is 0 Å². The summed E-state index contributed by atoms with van der Waals surface area (Å²) in [5.41, 5.74) is 0.236. The molecule has 94 valence electrons. The highest BCUT2D eigenvalue weighted by Crippen LogP contribution is 2.21. The van der Waals surface area contributed by atoms with Gasteiger partial charge in [0, 0.05) is 3.57 Å². The average Bonchev–Trinajstić information content (AvgIpc) is 2.30. The maximum Gasteiger partial charge on any atom is 0.339 e. The zero-order valence-corrected chi connectivity index (χ0v) is 12.6. The Balaban J connectivity index is 2.55. The number of rotatable bonds is 7. The largest absolute Gasteiger partial charge is 0.493 e. The number of hydrogen-bond acceptors (Lipinski definition) is 3. The van der Waals surface area contributed by atoms with Crippen LogP contribution in [-0.4, -0.2) is 29.2 Å². The van der Waals surface area contributed by atoms with Gasteiger partial charge in [0.25, 0.3) is 0 Å². The first kappa shape index (κ1) is 14.6. The van der Waals surface area contributed by atoms with Crippen LogP contribution in [0.25, 0.3) is 0 Å². The van der Waals surface area contributed by atoms with Crippen LogP contribution in [0.15, 0.2) is 18.2 Å². The van der Waals surface area contributed by atoms with Crippen molar-refractivity contribution in [3.63, 3.8) is 0 Å². The van der Waals surface area contributed by atoms with Gasteiger partial charge in [-0.05, 0) is 58.7 Å². The van der Waals surface area contributed by atoms with Gasteiger partial charge >= 0.3 is 5.97 Å². The van der Waals surface area contributed by atoms with E-state index in [0.29, 0.717) is 12.4 Å². The lowest BCUT2D eigenvalue weighted by Gasteiger charge is -2.09. The van der Waals surface area contributed by atoms with Crippen molar-refractivity contribution in [2.75, 3.05) is 18.1 Å². The molecule has 0 fully saturated rings. The van der Waals surface area contributed by atoms with Gasteiger partial charge in [-0.3, -0.25) is 0 Å². The van der Waals surface area contributed by atoms with Gasteiger partial charge in [-0.2, -0.15) is 11.8 Å². The minimum absolute atomic E-state index is 0.236. The van der Waals surface area contributed by atoms with Crippen molar-refractivity contribution >= 4 is 40.3 Å². The van der Waals surface area contributed by atoms with Crippen LogP contribution < -0.4 is 4.74 Å². The Hall–Kier alpha value is -0.430. The van der Waals surface area contributed by atoms with Gasteiger partial charge in [0.1, 0.15) is 11.3 Å². The van der Waals surface area contributed by atoms with E-state index in [-0.39, 0.29) is 5.56 Å². The Kier molecular flexibility index (Phi) is 6.72. The van der Waals surface area contributed by atoms with Gasteiger partial charge in [-0.15, -0.1) is 0 Å². The maximum absolute atomic E-state index is 11.0. The first-order valence-electron chi connectivity index (χ1n) is 5.38. The number of ether oxygens (including phenoxy) is 1. The molecular weight excluding hydrogens is 351 g/mol. The van der Waals surface area contributed by atoms with E-state index in [4.69, 9.17) is 9.84 Å². The zero-order valence-electron chi connectivity index (χ0n) is 9.61. The summed E-state index contributed by atoms with van der Waals surface area (Å²) in [6, 6.07) is 5.19. The molecule has 0 aromatic heterocycles. The van der Waals surface area contributed by atoms with Gasteiger partial charge in [0.2, 0.25) is 0 Å². The van der Waals surface area contributed by atoms with Crippen molar-refractivity contribution in [2.45, 2.75) is 13.3 Å². The van der Waals surface area contributed by atoms with Crippen molar-refractivity contribution in [3.8, 4) is 5.75 Å². The van der Waals surface area contributed by atoms with Crippen LogP contribution >= 0.6 is 34.4 Å². The topological polar surface area (TPSA) is 46.5 Å². The SMILES string of the molecule is CCSCCCOc1ccc(I)cc1C(=O)O. The van der Waals surface area contributed by atoms with Crippen LogP contribution in [0.3, 0.4) is 0 Å². The Bertz CT molecular complexity index is 382. The number of halogens is 1. The molecule has 1 aromatic rings. The van der Waals surface area contributed by atoms with Crippen LogP contribution in [0.2, 0.25) is 0 Å². The van der Waals surface area contributed by atoms with Crippen LogP contribution in [0.5, 0.6) is 5.75 Å². The monoisotopic (exact) mass is 366 g/mol. The molecule has 0 atom stereocenters. The van der Waals surface area contributed by atoms with E-state index in [2.05, 4.69) is 29.5 Å². The van der Waals surface area contributed by atoms with Gasteiger partial charge in [0.15, 0.2) is 0 Å². The predicted molar refractivity (Wildman–Crippen MR) is 79.2 cm³/mol. The molecule has 0 amide bonds. The molecule has 0 saturated heterocycles. The van der Waals surface area contributed by atoms with E-state index >= 15 is 0 Å². The molecule has 0 spiro atoms. The molecule has 0 saturated carbocycles. The standard InChI is InChI=1S/C12H15IO3S/c1-2-17-7-3-6-16-11-5-4-9(13)8-10(11)12(14)15/h4-5,8H,2-3,6-7H2,1H3,(H,14,15). The number of thioether (sulfide) groups is 1. The zero-order chi connectivity index (χ0) is 12.7. The summed E-state index contributed by atoms with van der Waals surface area (Å²) < 4.78 is 6.40. The van der Waals surface area contributed by atoms with Crippen LogP contribution in [0.1, 0.15) is 23.7 Å². The fourth-order valence-corrected chi connectivity index (χ4v) is 2.38. The Morgan fingerprint density at radius 2 is 2.29 bits per heavy atom. The molecule has 0 bridgehead atoms. The second-order valence-corrected chi connectivity index (χ2v) is 5.98. The summed E-state index contributed by atoms with van der Waals surface area (Å²) in [5, 5.41) is 9.04. The molecule has 17 heavy (non-hydrogen) atoms. The second kappa shape index (κ2) is 7.81. The molecule has 0 unspecified atom stereocenters.